The zero-order chi connectivity index (χ0) is 15.4. The maximum absolute atomic E-state index is 11.0. The van der Waals surface area contributed by atoms with Crippen molar-refractivity contribution >= 4 is 5.97 Å². The fourth-order valence-electron chi connectivity index (χ4n) is 3.05. The number of aliphatic hydroxyl groups excluding tert-OH is 1. The molecular weight excluding hydrogens is 276 g/mol. The first-order valence-corrected chi connectivity index (χ1v) is 7.47. The van der Waals surface area contributed by atoms with Gasteiger partial charge in [0.05, 0.1) is 6.10 Å². The second-order valence-electron chi connectivity index (χ2n) is 5.28. The van der Waals surface area contributed by atoms with E-state index >= 15 is 0 Å². The highest BCUT2D eigenvalue weighted by atomic mass is 16.8. The van der Waals surface area contributed by atoms with Crippen LogP contribution in [0.4, 0.5) is 0 Å². The second kappa shape index (κ2) is 7.35. The zero-order valence-electron chi connectivity index (χ0n) is 12.8. The largest absolute Gasteiger partial charge is 0.461 e. The summed E-state index contributed by atoms with van der Waals surface area (Å²) in [6.07, 6.45) is 0.911. The van der Waals surface area contributed by atoms with Crippen molar-refractivity contribution in [1.82, 2.24) is 0 Å². The molecule has 1 aliphatic carbocycles. The summed E-state index contributed by atoms with van der Waals surface area (Å²) < 4.78 is 22.1. The molecule has 0 spiro atoms. The monoisotopic (exact) mass is 300 g/mol. The van der Waals surface area contributed by atoms with Gasteiger partial charge in [-0.2, -0.15) is 0 Å². The molecule has 0 amide bonds. The van der Waals surface area contributed by atoms with Crippen LogP contribution < -0.4 is 0 Å². The molecule has 2 aliphatic rings. The number of rotatable bonds is 6. The van der Waals surface area contributed by atoms with E-state index in [1.165, 1.54) is 6.92 Å². The number of ether oxygens (including phenoxy) is 4. The Hall–Kier alpha value is -0.950. The minimum atomic E-state index is -0.588. The molecule has 1 N–H and O–H groups in total. The number of carbonyl (C=O) groups is 1. The van der Waals surface area contributed by atoms with Crippen molar-refractivity contribution in [1.29, 1.82) is 0 Å². The van der Waals surface area contributed by atoms with Gasteiger partial charge in [-0.3, -0.25) is 4.79 Å². The topological polar surface area (TPSA) is 74.2 Å². The average molecular weight is 300 g/mol. The van der Waals surface area contributed by atoms with Gasteiger partial charge in [0.1, 0.15) is 6.61 Å². The van der Waals surface area contributed by atoms with Crippen molar-refractivity contribution in [3.63, 3.8) is 0 Å². The van der Waals surface area contributed by atoms with E-state index in [-0.39, 0.29) is 30.7 Å². The summed E-state index contributed by atoms with van der Waals surface area (Å²) in [7, 11) is 0. The summed E-state index contributed by atoms with van der Waals surface area (Å²) in [5.74, 6) is -0.473. The summed E-state index contributed by atoms with van der Waals surface area (Å²) in [5.41, 5.74) is 0.857. The molecule has 1 fully saturated rings. The Morgan fingerprint density at radius 1 is 1.38 bits per heavy atom. The van der Waals surface area contributed by atoms with Crippen molar-refractivity contribution in [3.8, 4) is 0 Å². The average Bonchev–Trinajstić information content (AvgIpc) is 2.74. The first-order chi connectivity index (χ1) is 10.1. The third kappa shape index (κ3) is 3.83. The maximum atomic E-state index is 11.0. The molecule has 2 rings (SSSR count). The molecule has 0 radical (unpaired) electrons. The van der Waals surface area contributed by atoms with E-state index in [0.29, 0.717) is 19.6 Å². The molecule has 120 valence electrons. The summed E-state index contributed by atoms with van der Waals surface area (Å²) >= 11 is 0. The number of aliphatic hydroxyl groups is 1. The second-order valence-corrected chi connectivity index (χ2v) is 5.28. The Balaban J connectivity index is 2.10. The molecule has 6 nitrogen and oxygen atoms in total. The smallest absolute Gasteiger partial charge is 0.302 e. The van der Waals surface area contributed by atoms with Crippen molar-refractivity contribution in [2.24, 2.45) is 11.8 Å². The Bertz CT molecular complexity index is 394. The fourth-order valence-corrected chi connectivity index (χ4v) is 3.05. The van der Waals surface area contributed by atoms with Crippen LogP contribution in [0.25, 0.3) is 0 Å². The van der Waals surface area contributed by atoms with Crippen LogP contribution in [0.15, 0.2) is 11.6 Å². The van der Waals surface area contributed by atoms with Crippen LogP contribution in [0, 0.1) is 11.8 Å². The van der Waals surface area contributed by atoms with E-state index in [2.05, 4.69) is 0 Å². The molecule has 2 unspecified atom stereocenters. The highest BCUT2D eigenvalue weighted by molar-refractivity contribution is 5.66. The van der Waals surface area contributed by atoms with E-state index in [0.717, 1.165) is 5.57 Å². The Labute approximate surface area is 125 Å². The van der Waals surface area contributed by atoms with Gasteiger partial charge in [-0.1, -0.05) is 6.08 Å². The first-order valence-electron chi connectivity index (χ1n) is 7.47. The predicted molar refractivity (Wildman–Crippen MR) is 74.2 cm³/mol. The summed E-state index contributed by atoms with van der Waals surface area (Å²) in [5, 5.41) is 10.2. The predicted octanol–water partition coefficient (Wildman–Crippen LogP) is 1.23. The van der Waals surface area contributed by atoms with Gasteiger partial charge in [-0.15, -0.1) is 0 Å². The number of carbonyl (C=O) groups excluding carboxylic acids is 1. The lowest BCUT2D eigenvalue weighted by molar-refractivity contribution is -0.294. The minimum absolute atomic E-state index is 0.0302. The van der Waals surface area contributed by atoms with Crippen LogP contribution in [0.5, 0.6) is 0 Å². The fraction of sp³-hybridized carbons (Fsp3) is 0.800. The van der Waals surface area contributed by atoms with Gasteiger partial charge in [0.25, 0.3) is 0 Å². The van der Waals surface area contributed by atoms with Gasteiger partial charge in [0.15, 0.2) is 12.6 Å². The van der Waals surface area contributed by atoms with Crippen LogP contribution >= 0.6 is 0 Å². The summed E-state index contributed by atoms with van der Waals surface area (Å²) in [6.45, 7) is 6.38. The standard InChI is InChI=1S/C15H24O6/c1-4-18-13-7-11-12(17)6-10(8-20-9(3)16)14(11)15(21-13)19-5-2/h6,11-15,17H,4-5,7-8H2,1-3H3/t11-,12+,13?,14+,15?/m0/s1. The highest BCUT2D eigenvalue weighted by Crippen LogP contribution is 2.43. The Morgan fingerprint density at radius 3 is 2.71 bits per heavy atom. The molecule has 1 saturated heterocycles. The van der Waals surface area contributed by atoms with Crippen LogP contribution in [-0.2, 0) is 23.7 Å². The normalized spacial score (nSPS) is 35.2. The number of esters is 1. The first kappa shape index (κ1) is 16.4. The molecule has 5 atom stereocenters. The lowest BCUT2D eigenvalue weighted by atomic mass is 9.84. The van der Waals surface area contributed by atoms with Crippen LogP contribution in [0.3, 0.4) is 0 Å². The van der Waals surface area contributed by atoms with E-state index in [1.807, 2.05) is 13.8 Å². The lowest BCUT2D eigenvalue weighted by Gasteiger charge is -2.40. The molecule has 0 bridgehead atoms. The quantitative estimate of drug-likeness (QED) is 0.587. The SMILES string of the molecule is CCOC1C[C@H]2[C@H](O)C=C(COC(C)=O)[C@H]2C(OCC)O1. The van der Waals surface area contributed by atoms with Gasteiger partial charge in [0, 0.05) is 38.4 Å². The lowest BCUT2D eigenvalue weighted by Crippen LogP contribution is -2.45. The van der Waals surface area contributed by atoms with Crippen molar-refractivity contribution in [2.75, 3.05) is 19.8 Å². The van der Waals surface area contributed by atoms with Crippen molar-refractivity contribution < 1.29 is 28.8 Å². The van der Waals surface area contributed by atoms with E-state index in [9.17, 15) is 9.90 Å². The van der Waals surface area contributed by atoms with Crippen LogP contribution in [0.1, 0.15) is 27.2 Å². The molecule has 0 saturated carbocycles. The molecule has 6 heteroatoms. The molecule has 0 aromatic carbocycles. The van der Waals surface area contributed by atoms with Crippen molar-refractivity contribution in [3.05, 3.63) is 11.6 Å². The van der Waals surface area contributed by atoms with E-state index in [4.69, 9.17) is 18.9 Å². The molecule has 21 heavy (non-hydrogen) atoms. The van der Waals surface area contributed by atoms with Crippen LogP contribution in [0.2, 0.25) is 0 Å². The molecule has 1 aliphatic heterocycles. The van der Waals surface area contributed by atoms with E-state index in [1.54, 1.807) is 6.08 Å². The van der Waals surface area contributed by atoms with Gasteiger partial charge < -0.3 is 24.1 Å². The van der Waals surface area contributed by atoms with Gasteiger partial charge >= 0.3 is 5.97 Å². The summed E-state index contributed by atoms with van der Waals surface area (Å²) in [6, 6.07) is 0. The van der Waals surface area contributed by atoms with Gasteiger partial charge in [-0.25, -0.2) is 0 Å². The number of fused-ring (bicyclic) bond motifs is 1. The minimum Gasteiger partial charge on any atom is -0.461 e. The Morgan fingerprint density at radius 2 is 2.10 bits per heavy atom. The third-order valence-electron chi connectivity index (χ3n) is 3.88. The number of hydrogen-bond acceptors (Lipinski definition) is 6. The zero-order valence-corrected chi connectivity index (χ0v) is 12.8. The van der Waals surface area contributed by atoms with Crippen molar-refractivity contribution in [2.45, 2.75) is 45.9 Å². The molecular formula is C15H24O6. The van der Waals surface area contributed by atoms with Crippen LogP contribution in [-0.4, -0.2) is 49.6 Å². The molecule has 1 heterocycles. The molecule has 0 aromatic rings. The Kier molecular flexibility index (Phi) is 5.75. The maximum Gasteiger partial charge on any atom is 0.302 e. The molecule has 0 aromatic heterocycles. The van der Waals surface area contributed by atoms with Gasteiger partial charge in [0.2, 0.25) is 0 Å². The van der Waals surface area contributed by atoms with Gasteiger partial charge in [-0.05, 0) is 19.4 Å². The third-order valence-corrected chi connectivity index (χ3v) is 3.88. The number of hydrogen-bond donors (Lipinski definition) is 1. The summed E-state index contributed by atoms with van der Waals surface area (Å²) in [4.78, 5) is 11.0. The highest BCUT2D eigenvalue weighted by Gasteiger charge is 2.47. The van der Waals surface area contributed by atoms with E-state index < -0.39 is 12.4 Å².